The van der Waals surface area contributed by atoms with Gasteiger partial charge < -0.3 is 0 Å². The van der Waals surface area contributed by atoms with Gasteiger partial charge in [-0.15, -0.1) is 0 Å². The summed E-state index contributed by atoms with van der Waals surface area (Å²) in [6.45, 7) is 13.3. The van der Waals surface area contributed by atoms with E-state index < -0.39 is 6.43 Å². The van der Waals surface area contributed by atoms with Crippen molar-refractivity contribution >= 4 is 0 Å². The highest BCUT2D eigenvalue weighted by molar-refractivity contribution is 5.28. The van der Waals surface area contributed by atoms with Crippen LogP contribution in [0.15, 0.2) is 35.5 Å². The van der Waals surface area contributed by atoms with E-state index in [-0.39, 0.29) is 17.8 Å². The normalized spacial score (nSPS) is 39.7. The van der Waals surface area contributed by atoms with Gasteiger partial charge in [0.1, 0.15) is 0 Å². The highest BCUT2D eigenvalue weighted by atomic mass is 19.3. The maximum atomic E-state index is 13.0. The minimum atomic E-state index is -2.17. The van der Waals surface area contributed by atoms with Crippen LogP contribution in [0.4, 0.5) is 8.78 Å². The van der Waals surface area contributed by atoms with Crippen molar-refractivity contribution in [1.29, 1.82) is 0 Å². The molecule has 0 aliphatic heterocycles. The molecule has 3 fully saturated rings. The molecule has 0 heterocycles. The van der Waals surface area contributed by atoms with Crippen LogP contribution in [-0.4, -0.2) is 6.43 Å². The number of fused-ring (bicyclic) bond motifs is 1. The summed E-state index contributed by atoms with van der Waals surface area (Å²) in [7, 11) is 0. The van der Waals surface area contributed by atoms with Gasteiger partial charge in [0, 0.05) is 6.42 Å². The van der Waals surface area contributed by atoms with Crippen molar-refractivity contribution in [2.75, 3.05) is 0 Å². The summed E-state index contributed by atoms with van der Waals surface area (Å²) in [5.41, 5.74) is 4.77. The summed E-state index contributed by atoms with van der Waals surface area (Å²) in [5.74, 6) is 2.35. The van der Waals surface area contributed by atoms with Gasteiger partial charge in [0.2, 0.25) is 6.43 Å². The molecule has 3 aliphatic rings. The molecule has 152 valence electrons. The molecule has 3 rings (SSSR count). The Morgan fingerprint density at radius 2 is 1.81 bits per heavy atom. The third kappa shape index (κ3) is 4.25. The van der Waals surface area contributed by atoms with Crippen molar-refractivity contribution in [2.45, 2.75) is 85.5 Å². The Hall–Kier alpha value is -0.920. The van der Waals surface area contributed by atoms with E-state index in [4.69, 9.17) is 0 Å². The van der Waals surface area contributed by atoms with Crippen molar-refractivity contribution in [1.82, 2.24) is 0 Å². The third-order valence-electron chi connectivity index (χ3n) is 8.21. The van der Waals surface area contributed by atoms with E-state index in [1.807, 2.05) is 0 Å². The fraction of sp³-hybridized carbons (Fsp3) is 0.760. The second kappa shape index (κ2) is 8.21. The number of allylic oxidation sites excluding steroid dienone is 5. The zero-order chi connectivity index (χ0) is 19.8. The molecule has 2 heteroatoms. The molecule has 3 saturated carbocycles. The average Bonchev–Trinajstić information content (AvgIpc) is 2.94. The van der Waals surface area contributed by atoms with Gasteiger partial charge in [-0.1, -0.05) is 63.1 Å². The first-order valence-electron chi connectivity index (χ1n) is 11.1. The predicted octanol–water partition coefficient (Wildman–Crippen LogP) is 7.97. The molecule has 3 aliphatic carbocycles. The van der Waals surface area contributed by atoms with E-state index in [1.165, 1.54) is 31.3 Å². The van der Waals surface area contributed by atoms with Crippen molar-refractivity contribution in [3.8, 4) is 0 Å². The summed E-state index contributed by atoms with van der Waals surface area (Å²) < 4.78 is 25.9. The summed E-state index contributed by atoms with van der Waals surface area (Å²) in [5, 5.41) is 0. The first-order valence-corrected chi connectivity index (χ1v) is 11.1. The number of hydrogen-bond donors (Lipinski definition) is 0. The summed E-state index contributed by atoms with van der Waals surface area (Å²) >= 11 is 0. The van der Waals surface area contributed by atoms with Crippen LogP contribution in [0.2, 0.25) is 0 Å². The van der Waals surface area contributed by atoms with Crippen LogP contribution in [0.1, 0.15) is 79.1 Å². The van der Waals surface area contributed by atoms with Gasteiger partial charge in [-0.2, -0.15) is 0 Å². The average molecular weight is 377 g/mol. The second-order valence-electron chi connectivity index (χ2n) is 10.1. The molecule has 0 radical (unpaired) electrons. The SMILES string of the molecule is C=C1[C@H](C)CC(=C/C=C2\CCC[C@]3(C)[C@@H](C(C)CC(F)F)CC[C@@H]23)C[C@H]1C. The predicted molar refractivity (Wildman–Crippen MR) is 111 cm³/mol. The van der Waals surface area contributed by atoms with E-state index in [0.29, 0.717) is 23.7 Å². The fourth-order valence-corrected chi connectivity index (χ4v) is 6.64. The molecule has 6 atom stereocenters. The molecule has 0 saturated heterocycles. The van der Waals surface area contributed by atoms with Crippen LogP contribution in [-0.2, 0) is 0 Å². The maximum Gasteiger partial charge on any atom is 0.238 e. The molecule has 0 N–H and O–H groups in total. The van der Waals surface area contributed by atoms with Gasteiger partial charge >= 0.3 is 0 Å². The minimum Gasteiger partial charge on any atom is -0.211 e. The quantitative estimate of drug-likeness (QED) is 0.436. The Kier molecular flexibility index (Phi) is 6.33. The van der Waals surface area contributed by atoms with Gasteiger partial charge in [-0.25, -0.2) is 8.78 Å². The van der Waals surface area contributed by atoms with E-state index in [0.717, 1.165) is 19.3 Å². The molecular weight excluding hydrogens is 338 g/mol. The largest absolute Gasteiger partial charge is 0.238 e. The summed E-state index contributed by atoms with van der Waals surface area (Å²) in [6.07, 6.45) is 10.9. The lowest BCUT2D eigenvalue weighted by Crippen LogP contribution is -2.36. The van der Waals surface area contributed by atoms with Crippen LogP contribution < -0.4 is 0 Å². The Labute approximate surface area is 165 Å². The molecular formula is C25H38F2. The Morgan fingerprint density at radius 1 is 1.15 bits per heavy atom. The second-order valence-corrected chi connectivity index (χ2v) is 10.1. The van der Waals surface area contributed by atoms with Gasteiger partial charge in [-0.05, 0) is 80.0 Å². The molecule has 0 nitrogen and oxygen atoms in total. The number of rotatable bonds is 4. The fourth-order valence-electron chi connectivity index (χ4n) is 6.64. The molecule has 0 spiro atoms. The highest BCUT2D eigenvalue weighted by Crippen LogP contribution is 2.60. The molecule has 1 unspecified atom stereocenters. The lowest BCUT2D eigenvalue weighted by atomic mass is 9.61. The molecule has 0 bridgehead atoms. The van der Waals surface area contributed by atoms with E-state index in [2.05, 4.69) is 46.4 Å². The van der Waals surface area contributed by atoms with Crippen LogP contribution >= 0.6 is 0 Å². The number of halogens is 2. The van der Waals surface area contributed by atoms with Crippen LogP contribution in [0.25, 0.3) is 0 Å². The zero-order valence-electron chi connectivity index (χ0n) is 17.7. The Bertz CT molecular complexity index is 598. The molecule has 0 amide bonds. The third-order valence-corrected chi connectivity index (χ3v) is 8.21. The number of alkyl halides is 2. The van der Waals surface area contributed by atoms with Gasteiger partial charge in [-0.3, -0.25) is 0 Å². The zero-order valence-corrected chi connectivity index (χ0v) is 17.7. The summed E-state index contributed by atoms with van der Waals surface area (Å²) in [6, 6.07) is 0. The molecule has 27 heavy (non-hydrogen) atoms. The van der Waals surface area contributed by atoms with Crippen LogP contribution in [0.3, 0.4) is 0 Å². The Morgan fingerprint density at radius 3 is 2.44 bits per heavy atom. The van der Waals surface area contributed by atoms with Crippen molar-refractivity contribution < 1.29 is 8.78 Å². The summed E-state index contributed by atoms with van der Waals surface area (Å²) in [4.78, 5) is 0. The van der Waals surface area contributed by atoms with Crippen LogP contribution in [0.5, 0.6) is 0 Å². The first kappa shape index (κ1) is 20.8. The minimum absolute atomic E-state index is 0.0652. The highest BCUT2D eigenvalue weighted by Gasteiger charge is 2.50. The lowest BCUT2D eigenvalue weighted by molar-refractivity contribution is 0.0523. The monoisotopic (exact) mass is 376 g/mol. The maximum absolute atomic E-state index is 13.0. The standard InChI is InChI=1S/C25H38F2/c1-16-13-20(14-17(2)19(16)4)8-9-21-7-6-12-25(5)22(10-11-23(21)25)18(3)15-24(26)27/h8-9,16-18,22-24H,4,6-7,10-15H2,1-3,5H3/b21-9+/t16-,17-,18?,22-,23+,25-/m1/s1. The van der Waals surface area contributed by atoms with Gasteiger partial charge in [0.05, 0.1) is 0 Å². The topological polar surface area (TPSA) is 0 Å². The van der Waals surface area contributed by atoms with Crippen molar-refractivity contribution in [2.24, 2.45) is 35.0 Å². The number of hydrogen-bond acceptors (Lipinski definition) is 0. The smallest absolute Gasteiger partial charge is 0.211 e. The van der Waals surface area contributed by atoms with Crippen molar-refractivity contribution in [3.05, 3.63) is 35.5 Å². The first-order chi connectivity index (χ1) is 12.7. The molecule has 0 aromatic carbocycles. The van der Waals surface area contributed by atoms with Gasteiger partial charge in [0.25, 0.3) is 0 Å². The van der Waals surface area contributed by atoms with E-state index in [9.17, 15) is 8.78 Å². The van der Waals surface area contributed by atoms with E-state index >= 15 is 0 Å². The Balaban J connectivity index is 1.76. The lowest BCUT2D eigenvalue weighted by Gasteiger charge is -2.44. The van der Waals surface area contributed by atoms with Crippen molar-refractivity contribution in [3.63, 3.8) is 0 Å². The van der Waals surface area contributed by atoms with E-state index in [1.54, 1.807) is 11.1 Å². The molecule has 0 aromatic rings. The van der Waals surface area contributed by atoms with Gasteiger partial charge in [0.15, 0.2) is 0 Å². The van der Waals surface area contributed by atoms with Crippen LogP contribution in [0, 0.1) is 35.0 Å². The molecule has 0 aromatic heterocycles.